The van der Waals surface area contributed by atoms with Crippen molar-refractivity contribution >= 4 is 23.6 Å². The van der Waals surface area contributed by atoms with Gasteiger partial charge in [0.15, 0.2) is 5.82 Å². The summed E-state index contributed by atoms with van der Waals surface area (Å²) in [6.07, 6.45) is 1.75. The van der Waals surface area contributed by atoms with Gasteiger partial charge in [0, 0.05) is 7.05 Å². The number of aryl methyl sites for hydroxylation is 2. The zero-order valence-corrected chi connectivity index (χ0v) is 12.9. The van der Waals surface area contributed by atoms with Crippen LogP contribution in [0.1, 0.15) is 22.3 Å². The Morgan fingerprint density at radius 1 is 1.29 bits per heavy atom. The zero-order valence-electron chi connectivity index (χ0n) is 12.1. The van der Waals surface area contributed by atoms with Crippen LogP contribution < -0.4 is 5.01 Å². The Morgan fingerprint density at radius 3 is 2.52 bits per heavy atom. The number of pyridine rings is 1. The first-order chi connectivity index (χ1) is 10.0. The molecule has 4 nitrogen and oxygen atoms in total. The van der Waals surface area contributed by atoms with Gasteiger partial charge in [0.05, 0.1) is 11.8 Å². The Hall–Kier alpha value is -2.38. The van der Waals surface area contributed by atoms with Crippen molar-refractivity contribution in [2.75, 3.05) is 12.1 Å². The number of nitriles is 1. The predicted octanol–water partition coefficient (Wildman–Crippen LogP) is 3.69. The predicted molar refractivity (Wildman–Crippen MR) is 85.9 cm³/mol. The molecule has 2 aromatic rings. The second kappa shape index (κ2) is 6.38. The summed E-state index contributed by atoms with van der Waals surface area (Å²) < 4.78 is 0. The third-order valence-electron chi connectivity index (χ3n) is 3.06. The van der Waals surface area contributed by atoms with Gasteiger partial charge in [-0.3, -0.25) is 5.01 Å². The summed E-state index contributed by atoms with van der Waals surface area (Å²) in [4.78, 5) is 4.19. The molecule has 5 heteroatoms. The van der Waals surface area contributed by atoms with Gasteiger partial charge in [0.25, 0.3) is 0 Å². The van der Waals surface area contributed by atoms with Crippen molar-refractivity contribution in [2.45, 2.75) is 13.8 Å². The second-order valence-corrected chi connectivity index (χ2v) is 5.11. The Bertz CT molecular complexity index is 691. The van der Waals surface area contributed by atoms with Crippen LogP contribution in [0.4, 0.5) is 5.82 Å². The van der Waals surface area contributed by atoms with E-state index in [9.17, 15) is 0 Å². The SMILES string of the molecule is Cc1ccc(C=NN(C)c2cc(C)c(C#N)c(Cl)n2)cc1. The lowest BCUT2D eigenvalue weighted by molar-refractivity contribution is 0.978. The highest BCUT2D eigenvalue weighted by atomic mass is 35.5. The van der Waals surface area contributed by atoms with Crippen molar-refractivity contribution in [3.63, 3.8) is 0 Å². The van der Waals surface area contributed by atoms with Crippen molar-refractivity contribution in [3.05, 3.63) is 57.7 Å². The van der Waals surface area contributed by atoms with Crippen molar-refractivity contribution in [1.29, 1.82) is 5.26 Å². The fourth-order valence-electron chi connectivity index (χ4n) is 1.78. The summed E-state index contributed by atoms with van der Waals surface area (Å²) in [6, 6.07) is 11.9. The average Bonchev–Trinajstić information content (AvgIpc) is 2.46. The van der Waals surface area contributed by atoms with Gasteiger partial charge in [-0.15, -0.1) is 0 Å². The molecule has 21 heavy (non-hydrogen) atoms. The second-order valence-electron chi connectivity index (χ2n) is 4.75. The molecule has 1 aromatic heterocycles. The fourth-order valence-corrected chi connectivity index (χ4v) is 2.06. The van der Waals surface area contributed by atoms with Crippen LogP contribution in [0, 0.1) is 25.2 Å². The minimum atomic E-state index is 0.199. The highest BCUT2D eigenvalue weighted by Gasteiger charge is 2.09. The van der Waals surface area contributed by atoms with E-state index in [1.807, 2.05) is 44.2 Å². The van der Waals surface area contributed by atoms with Crippen molar-refractivity contribution < 1.29 is 0 Å². The number of anilines is 1. The van der Waals surface area contributed by atoms with E-state index in [0.717, 1.165) is 11.1 Å². The summed E-state index contributed by atoms with van der Waals surface area (Å²) in [5.41, 5.74) is 3.39. The molecule has 0 aliphatic rings. The molecule has 0 N–H and O–H groups in total. The molecular formula is C16H15ClN4. The van der Waals surface area contributed by atoms with E-state index in [0.29, 0.717) is 11.4 Å². The number of halogens is 1. The number of hydrogen-bond donors (Lipinski definition) is 0. The maximum Gasteiger partial charge on any atom is 0.150 e. The lowest BCUT2D eigenvalue weighted by atomic mass is 10.2. The van der Waals surface area contributed by atoms with Gasteiger partial charge in [0.2, 0.25) is 0 Å². The van der Waals surface area contributed by atoms with E-state index < -0.39 is 0 Å². The smallest absolute Gasteiger partial charge is 0.150 e. The fraction of sp³-hybridized carbons (Fsp3) is 0.188. The summed E-state index contributed by atoms with van der Waals surface area (Å²) in [7, 11) is 1.79. The molecule has 106 valence electrons. The van der Waals surface area contributed by atoms with E-state index >= 15 is 0 Å². The first kappa shape index (κ1) is 15.0. The highest BCUT2D eigenvalue weighted by molar-refractivity contribution is 6.30. The topological polar surface area (TPSA) is 52.3 Å². The molecule has 2 rings (SSSR count). The van der Waals surface area contributed by atoms with E-state index in [1.54, 1.807) is 24.3 Å². The number of hydrogen-bond acceptors (Lipinski definition) is 4. The van der Waals surface area contributed by atoms with Gasteiger partial charge in [-0.25, -0.2) is 4.98 Å². The molecule has 0 aliphatic heterocycles. The maximum absolute atomic E-state index is 8.99. The Morgan fingerprint density at radius 2 is 1.95 bits per heavy atom. The molecule has 1 heterocycles. The van der Waals surface area contributed by atoms with E-state index in [4.69, 9.17) is 16.9 Å². The molecule has 0 fully saturated rings. The number of aromatic nitrogens is 1. The first-order valence-corrected chi connectivity index (χ1v) is 6.80. The van der Waals surface area contributed by atoms with Gasteiger partial charge < -0.3 is 0 Å². The van der Waals surface area contributed by atoms with Crippen LogP contribution in [0.25, 0.3) is 0 Å². The summed E-state index contributed by atoms with van der Waals surface area (Å²) in [5, 5.41) is 15.1. The molecule has 0 aliphatic carbocycles. The minimum absolute atomic E-state index is 0.199. The Kier molecular flexibility index (Phi) is 4.56. The highest BCUT2D eigenvalue weighted by Crippen LogP contribution is 2.22. The molecule has 0 radical (unpaired) electrons. The number of nitrogens with zero attached hydrogens (tertiary/aromatic N) is 4. The quantitative estimate of drug-likeness (QED) is 0.493. The van der Waals surface area contributed by atoms with Crippen LogP contribution >= 0.6 is 11.6 Å². The third kappa shape index (κ3) is 3.59. The lowest BCUT2D eigenvalue weighted by Crippen LogP contribution is -2.11. The largest absolute Gasteiger partial charge is 0.251 e. The zero-order chi connectivity index (χ0) is 15.4. The Labute approximate surface area is 129 Å². The van der Waals surface area contributed by atoms with E-state index in [2.05, 4.69) is 10.1 Å². The third-order valence-corrected chi connectivity index (χ3v) is 3.33. The van der Waals surface area contributed by atoms with Crippen molar-refractivity contribution in [1.82, 2.24) is 4.98 Å². The van der Waals surface area contributed by atoms with Crippen LogP contribution in [-0.4, -0.2) is 18.2 Å². The first-order valence-electron chi connectivity index (χ1n) is 6.43. The standard InChI is InChI=1S/C16H15ClN4/c1-11-4-6-13(7-5-11)10-19-21(3)15-8-12(2)14(9-18)16(17)20-15/h4-8,10H,1-3H3. The molecule has 0 unspecified atom stereocenters. The molecular weight excluding hydrogens is 284 g/mol. The molecule has 0 saturated carbocycles. The van der Waals surface area contributed by atoms with Gasteiger partial charge in [-0.05, 0) is 31.0 Å². The van der Waals surface area contributed by atoms with Gasteiger partial charge in [-0.2, -0.15) is 10.4 Å². The normalized spacial score (nSPS) is 10.6. The van der Waals surface area contributed by atoms with E-state index in [-0.39, 0.29) is 5.15 Å². The molecule has 0 spiro atoms. The van der Waals surface area contributed by atoms with Gasteiger partial charge >= 0.3 is 0 Å². The van der Waals surface area contributed by atoms with Gasteiger partial charge in [-0.1, -0.05) is 41.4 Å². The molecule has 0 saturated heterocycles. The van der Waals surface area contributed by atoms with Crippen LogP contribution in [0.3, 0.4) is 0 Å². The van der Waals surface area contributed by atoms with Crippen molar-refractivity contribution in [3.8, 4) is 6.07 Å². The van der Waals surface area contributed by atoms with Crippen LogP contribution in [0.5, 0.6) is 0 Å². The van der Waals surface area contributed by atoms with Gasteiger partial charge in [0.1, 0.15) is 11.2 Å². The summed E-state index contributed by atoms with van der Waals surface area (Å²) in [6.45, 7) is 3.87. The minimum Gasteiger partial charge on any atom is -0.251 e. The number of rotatable bonds is 3. The lowest BCUT2D eigenvalue weighted by Gasteiger charge is -2.13. The van der Waals surface area contributed by atoms with Crippen LogP contribution in [0.15, 0.2) is 35.4 Å². The van der Waals surface area contributed by atoms with Crippen molar-refractivity contribution in [2.24, 2.45) is 5.10 Å². The molecule has 0 atom stereocenters. The summed E-state index contributed by atoms with van der Waals surface area (Å²) in [5.74, 6) is 0.597. The molecule has 0 amide bonds. The number of hydrazone groups is 1. The molecule has 0 bridgehead atoms. The maximum atomic E-state index is 8.99. The van der Waals surface area contributed by atoms with Crippen LogP contribution in [0.2, 0.25) is 5.15 Å². The number of benzene rings is 1. The molecule has 1 aromatic carbocycles. The van der Waals surface area contributed by atoms with Crippen LogP contribution in [-0.2, 0) is 0 Å². The van der Waals surface area contributed by atoms with E-state index in [1.165, 1.54) is 5.56 Å². The Balaban J connectivity index is 2.23. The monoisotopic (exact) mass is 298 g/mol. The average molecular weight is 299 g/mol. The summed E-state index contributed by atoms with van der Waals surface area (Å²) >= 11 is 6.00.